The molecule has 0 saturated carbocycles. The summed E-state index contributed by atoms with van der Waals surface area (Å²) >= 11 is 0. The Morgan fingerprint density at radius 3 is 1.97 bits per heavy atom. The standard InChI is InChI=1S/C49H67N3O6S2Si/c1-47(2,3)61(8,9)58-43-34-40(52(35-43)46(54)21-14-11-16-32-50-44(53)30-31-48(4,5)60-59-45-20-15-17-33-51-45)36-57-49(37-18-12-10-13-19-37,38-22-26-41(55-6)27-23-38)39-24-28-42(56-7)29-25-39/h10,12-13,15,17-20,22-29,33,40,43H,11,14,16,21,30-32,34-36H2,1-9H3,(H,50,53)/t40-,43+/m0/s1. The van der Waals surface area contributed by atoms with E-state index in [1.165, 1.54) is 0 Å². The molecule has 2 atom stereocenters. The van der Waals surface area contributed by atoms with Crippen molar-refractivity contribution in [3.8, 4) is 11.5 Å². The summed E-state index contributed by atoms with van der Waals surface area (Å²) in [5, 5.41) is 4.10. The van der Waals surface area contributed by atoms with Crippen LogP contribution in [0.25, 0.3) is 0 Å². The van der Waals surface area contributed by atoms with Crippen LogP contribution in [0.5, 0.6) is 11.5 Å². The van der Waals surface area contributed by atoms with Gasteiger partial charge in [-0.25, -0.2) is 4.98 Å². The van der Waals surface area contributed by atoms with Crippen molar-refractivity contribution >= 4 is 41.7 Å². The van der Waals surface area contributed by atoms with Crippen molar-refractivity contribution in [2.45, 2.75) is 125 Å². The average molecular weight is 886 g/mol. The number of aromatic nitrogens is 1. The molecule has 2 amide bonds. The zero-order valence-electron chi connectivity index (χ0n) is 37.7. The van der Waals surface area contributed by atoms with Gasteiger partial charge in [-0.3, -0.25) is 9.59 Å². The summed E-state index contributed by atoms with van der Waals surface area (Å²) in [6, 6.07) is 32.1. The summed E-state index contributed by atoms with van der Waals surface area (Å²) in [5.74, 6) is 1.69. The molecule has 0 aliphatic carbocycles. The van der Waals surface area contributed by atoms with E-state index in [1.54, 1.807) is 42.0 Å². The fraction of sp³-hybridized carbons (Fsp3) is 0.490. The van der Waals surface area contributed by atoms with Gasteiger partial charge >= 0.3 is 0 Å². The van der Waals surface area contributed by atoms with Crippen LogP contribution in [-0.2, 0) is 24.4 Å². The molecule has 3 aromatic carbocycles. The van der Waals surface area contributed by atoms with E-state index >= 15 is 0 Å². The van der Waals surface area contributed by atoms with Gasteiger partial charge in [0.25, 0.3) is 0 Å². The fourth-order valence-corrected chi connectivity index (χ4v) is 10.9. The molecule has 1 N–H and O–H groups in total. The minimum absolute atomic E-state index is 0.0331. The highest BCUT2D eigenvalue weighted by atomic mass is 33.1. The Kier molecular flexibility index (Phi) is 17.4. The lowest BCUT2D eigenvalue weighted by Crippen LogP contribution is -2.45. The van der Waals surface area contributed by atoms with Crippen LogP contribution in [0.2, 0.25) is 18.1 Å². The van der Waals surface area contributed by atoms with Crippen molar-refractivity contribution in [1.82, 2.24) is 15.2 Å². The molecule has 1 saturated heterocycles. The average Bonchev–Trinajstić information content (AvgIpc) is 3.66. The maximum atomic E-state index is 14.2. The maximum Gasteiger partial charge on any atom is 0.222 e. The third-order valence-corrected chi connectivity index (χ3v) is 19.8. The number of methoxy groups -OCH3 is 2. The molecule has 0 bridgehead atoms. The Balaban J connectivity index is 1.25. The van der Waals surface area contributed by atoms with Crippen LogP contribution in [0.15, 0.2) is 108 Å². The highest BCUT2D eigenvalue weighted by molar-refractivity contribution is 8.77. The van der Waals surface area contributed by atoms with E-state index in [1.807, 2.05) is 65.6 Å². The van der Waals surface area contributed by atoms with Crippen LogP contribution in [0.1, 0.15) is 96.3 Å². The SMILES string of the molecule is COc1ccc(C(OC[C@@H]2C[C@@H](O[Si](C)(C)C(C)(C)C)CN2C(=O)CCCCCNC(=O)CCC(C)(C)SSc2ccccn2)(c2ccccc2)c2ccc(OC)cc2)cc1. The van der Waals surface area contributed by atoms with E-state index in [9.17, 15) is 9.59 Å². The molecule has 9 nitrogen and oxygen atoms in total. The molecular weight excluding hydrogens is 819 g/mol. The Bertz CT molecular complexity index is 1910. The van der Waals surface area contributed by atoms with Crippen molar-refractivity contribution in [3.05, 3.63) is 120 Å². The molecule has 1 aliphatic rings. The first-order valence-electron chi connectivity index (χ1n) is 21.6. The number of nitrogens with one attached hydrogen (secondary N) is 1. The molecule has 1 fully saturated rings. The van der Waals surface area contributed by atoms with E-state index in [-0.39, 0.29) is 33.7 Å². The van der Waals surface area contributed by atoms with E-state index in [0.717, 1.165) is 58.9 Å². The van der Waals surface area contributed by atoms with Gasteiger partial charge in [0, 0.05) is 36.9 Å². The van der Waals surface area contributed by atoms with Crippen LogP contribution in [0.4, 0.5) is 0 Å². The lowest BCUT2D eigenvalue weighted by Gasteiger charge is -2.38. The summed E-state index contributed by atoms with van der Waals surface area (Å²) in [4.78, 5) is 33.4. The van der Waals surface area contributed by atoms with Crippen LogP contribution in [0, 0.1) is 0 Å². The number of ether oxygens (including phenoxy) is 3. The molecular formula is C49H67N3O6S2Si. The zero-order chi connectivity index (χ0) is 44.1. The van der Waals surface area contributed by atoms with Crippen LogP contribution < -0.4 is 14.8 Å². The van der Waals surface area contributed by atoms with Crippen molar-refractivity contribution in [2.24, 2.45) is 0 Å². The highest BCUT2D eigenvalue weighted by Gasteiger charge is 2.45. The number of nitrogens with zero attached hydrogens (tertiary/aromatic N) is 2. The van der Waals surface area contributed by atoms with Gasteiger partial charge in [-0.15, -0.1) is 0 Å². The van der Waals surface area contributed by atoms with Crippen molar-refractivity contribution in [3.63, 3.8) is 0 Å². The number of likely N-dealkylation sites (tertiary alicyclic amines) is 1. The molecule has 1 aromatic heterocycles. The number of benzene rings is 3. The van der Waals surface area contributed by atoms with Crippen molar-refractivity contribution < 1.29 is 28.2 Å². The highest BCUT2D eigenvalue weighted by Crippen LogP contribution is 2.44. The topological polar surface area (TPSA) is 99.2 Å². The molecule has 12 heteroatoms. The van der Waals surface area contributed by atoms with Crippen LogP contribution >= 0.6 is 21.6 Å². The molecule has 2 heterocycles. The maximum absolute atomic E-state index is 14.2. The largest absolute Gasteiger partial charge is 0.497 e. The van der Waals surface area contributed by atoms with E-state index in [0.29, 0.717) is 39.0 Å². The number of pyridine rings is 1. The van der Waals surface area contributed by atoms with Gasteiger partial charge in [-0.1, -0.05) is 98.6 Å². The first-order valence-corrected chi connectivity index (χ1v) is 26.6. The third kappa shape index (κ3) is 13.3. The Hall–Kier alpha value is -3.81. The first-order chi connectivity index (χ1) is 29.1. The number of hydrogen-bond acceptors (Lipinski definition) is 9. The van der Waals surface area contributed by atoms with Gasteiger partial charge in [0.05, 0.1) is 33.0 Å². The molecule has 1 aliphatic heterocycles. The fourth-order valence-electron chi connectivity index (χ4n) is 7.36. The summed E-state index contributed by atoms with van der Waals surface area (Å²) in [6.07, 6.45) is 6.48. The molecule has 61 heavy (non-hydrogen) atoms. The van der Waals surface area contributed by atoms with E-state index < -0.39 is 13.9 Å². The van der Waals surface area contributed by atoms with E-state index in [4.69, 9.17) is 18.6 Å². The van der Waals surface area contributed by atoms with Gasteiger partial charge in [-0.05, 0) is 122 Å². The van der Waals surface area contributed by atoms with Gasteiger partial charge in [0.2, 0.25) is 11.8 Å². The second-order valence-electron chi connectivity index (χ2n) is 18.0. The lowest BCUT2D eigenvalue weighted by molar-refractivity contribution is -0.134. The van der Waals surface area contributed by atoms with Gasteiger partial charge in [0.15, 0.2) is 8.32 Å². The number of carbonyl (C=O) groups excluding carboxylic acids is 2. The van der Waals surface area contributed by atoms with Crippen molar-refractivity contribution in [1.29, 1.82) is 0 Å². The van der Waals surface area contributed by atoms with Crippen molar-refractivity contribution in [2.75, 3.05) is 33.9 Å². The first kappa shape index (κ1) is 48.2. The zero-order valence-corrected chi connectivity index (χ0v) is 40.3. The second-order valence-corrected chi connectivity index (χ2v) is 25.6. The van der Waals surface area contributed by atoms with Gasteiger partial charge in [-0.2, -0.15) is 0 Å². The monoisotopic (exact) mass is 885 g/mol. The summed E-state index contributed by atoms with van der Waals surface area (Å²) in [6.45, 7) is 17.1. The molecule has 0 unspecified atom stereocenters. The van der Waals surface area contributed by atoms with Gasteiger partial charge < -0.3 is 28.9 Å². The lowest BCUT2D eigenvalue weighted by atomic mass is 9.80. The summed E-state index contributed by atoms with van der Waals surface area (Å²) in [7, 11) is 4.60. The number of unbranched alkanes of at least 4 members (excludes halogenated alkanes) is 2. The smallest absolute Gasteiger partial charge is 0.222 e. The predicted octanol–water partition coefficient (Wildman–Crippen LogP) is 11.1. The number of amides is 2. The molecule has 330 valence electrons. The Labute approximate surface area is 374 Å². The van der Waals surface area contributed by atoms with Crippen LogP contribution in [-0.4, -0.2) is 80.8 Å². The van der Waals surface area contributed by atoms with E-state index in [2.05, 4.69) is 94.4 Å². The molecule has 4 aromatic rings. The Morgan fingerprint density at radius 1 is 0.787 bits per heavy atom. The minimum Gasteiger partial charge on any atom is -0.497 e. The number of rotatable bonds is 22. The molecule has 0 spiro atoms. The molecule has 5 rings (SSSR count). The normalized spacial score (nSPS) is 16.0. The third-order valence-electron chi connectivity index (χ3n) is 12.0. The number of carbonyl (C=O) groups is 2. The van der Waals surface area contributed by atoms with Gasteiger partial charge in [0.1, 0.15) is 22.1 Å². The Morgan fingerprint density at radius 2 is 1.39 bits per heavy atom. The quantitative estimate of drug-likeness (QED) is 0.0358. The molecule has 0 radical (unpaired) electrons. The van der Waals surface area contributed by atoms with Crippen LogP contribution in [0.3, 0.4) is 0 Å². The predicted molar refractivity (Wildman–Crippen MR) is 253 cm³/mol. The summed E-state index contributed by atoms with van der Waals surface area (Å²) < 4.78 is 25.4. The summed E-state index contributed by atoms with van der Waals surface area (Å²) in [5.41, 5.74) is 1.88. The number of hydrogen-bond donors (Lipinski definition) is 1. The minimum atomic E-state index is -2.13. The second kappa shape index (κ2) is 22.0.